The molecular formula is C83H132O5. The molecule has 0 bridgehead atoms. The fourth-order valence-corrected chi connectivity index (χ4v) is 9.59. The normalized spacial score (nSPS) is 13.4. The lowest BCUT2D eigenvalue weighted by molar-refractivity contribution is -0.161. The lowest BCUT2D eigenvalue weighted by Gasteiger charge is -2.15. The minimum atomic E-state index is -0.793. The summed E-state index contributed by atoms with van der Waals surface area (Å²) >= 11 is 0. The van der Waals surface area contributed by atoms with Gasteiger partial charge in [0, 0.05) is 12.8 Å². The molecule has 0 amide bonds. The Labute approximate surface area is 543 Å². The third-order valence-electron chi connectivity index (χ3n) is 14.9. The van der Waals surface area contributed by atoms with Gasteiger partial charge >= 0.3 is 11.9 Å². The second-order valence-electron chi connectivity index (χ2n) is 23.2. The van der Waals surface area contributed by atoms with Gasteiger partial charge in [0.15, 0.2) is 6.10 Å². The maximum Gasteiger partial charge on any atom is 0.306 e. The predicted octanol–water partition coefficient (Wildman–Crippen LogP) is 25.5. The summed E-state index contributed by atoms with van der Waals surface area (Å²) in [4.78, 5) is 24.7. The van der Waals surface area contributed by atoms with Crippen molar-refractivity contribution in [1.82, 2.24) is 0 Å². The number of esters is 2. The summed E-state index contributed by atoms with van der Waals surface area (Å²) < 4.78 is 10.8. The molecule has 1 N–H and O–H groups in total. The van der Waals surface area contributed by atoms with Crippen LogP contribution in [0.3, 0.4) is 0 Å². The highest BCUT2D eigenvalue weighted by Gasteiger charge is 2.16. The van der Waals surface area contributed by atoms with Crippen LogP contribution in [0.1, 0.15) is 296 Å². The molecule has 494 valence electrons. The Morgan fingerprint density at radius 1 is 0.261 bits per heavy atom. The van der Waals surface area contributed by atoms with Crippen molar-refractivity contribution >= 4 is 11.9 Å². The predicted molar refractivity (Wildman–Crippen MR) is 389 cm³/mol. The van der Waals surface area contributed by atoms with Gasteiger partial charge < -0.3 is 14.6 Å². The number of carbonyl (C=O) groups is 2. The highest BCUT2D eigenvalue weighted by atomic mass is 16.6. The fourth-order valence-electron chi connectivity index (χ4n) is 9.59. The second kappa shape index (κ2) is 76.0. The molecule has 88 heavy (non-hydrogen) atoms. The largest absolute Gasteiger partial charge is 0.462 e. The molecule has 1 atom stereocenters. The first-order valence-corrected chi connectivity index (χ1v) is 36.0. The number of ether oxygens (including phenoxy) is 2. The molecule has 0 heterocycles. The molecule has 0 aliphatic rings. The zero-order chi connectivity index (χ0) is 63.3. The van der Waals surface area contributed by atoms with Gasteiger partial charge in [0.1, 0.15) is 6.61 Å². The first-order valence-electron chi connectivity index (χ1n) is 36.0. The molecule has 0 radical (unpaired) electrons. The molecule has 0 saturated heterocycles. The maximum absolute atomic E-state index is 12.4. The molecule has 0 rings (SSSR count). The lowest BCUT2D eigenvalue weighted by atomic mass is 10.0. The Morgan fingerprint density at radius 3 is 0.682 bits per heavy atom. The standard InChI is InChI=1S/C83H132O5/c1-3-5-7-9-11-13-15-17-19-21-23-25-27-29-31-33-35-37-38-39-40-41-42-43-44-46-48-50-52-54-56-58-60-62-64-66-68-70-72-74-76-78-83(86)88-81(79-84)80-87-82(85)77-75-73-71-69-67-65-63-61-59-57-55-53-51-49-47-45-36-34-32-30-28-26-24-22-20-18-16-14-12-10-8-6-4-2/h5-8,11-14,17-20,23-26,29-32,35,37,39-40,42-43,46,48,52,54,58,60,81,84H,3-4,9-10,15-16,21-22,27-28,33-34,36,38,41,44-45,47,49-51,53,55-57,59,61-80H2,1-2H3/b7-5-,8-6-,13-11-,14-12-,19-17-,20-18-,25-23-,26-24-,31-29-,32-30-,37-35-,40-39-,43-42-,48-46-,54-52-,60-58-. The molecule has 0 saturated carbocycles. The Hall–Kier alpha value is -5.26. The van der Waals surface area contributed by atoms with E-state index in [2.05, 4.69) is 208 Å². The number of rotatable bonds is 64. The minimum absolute atomic E-state index is 0.0795. The van der Waals surface area contributed by atoms with E-state index in [0.717, 1.165) is 148 Å². The van der Waals surface area contributed by atoms with E-state index in [-0.39, 0.29) is 25.2 Å². The fraction of sp³-hybridized carbons (Fsp3) is 0.590. The van der Waals surface area contributed by atoms with E-state index in [4.69, 9.17) is 9.47 Å². The molecule has 0 aliphatic heterocycles. The van der Waals surface area contributed by atoms with Crippen LogP contribution in [0.15, 0.2) is 194 Å². The van der Waals surface area contributed by atoms with Crippen molar-refractivity contribution in [3.8, 4) is 0 Å². The third kappa shape index (κ3) is 73.2. The van der Waals surface area contributed by atoms with Crippen molar-refractivity contribution < 1.29 is 24.2 Å². The maximum atomic E-state index is 12.4. The second-order valence-corrected chi connectivity index (χ2v) is 23.2. The summed E-state index contributed by atoms with van der Waals surface area (Å²) in [6, 6.07) is 0. The van der Waals surface area contributed by atoms with E-state index < -0.39 is 6.10 Å². The number of aliphatic hydroxyl groups excluding tert-OH is 1. The van der Waals surface area contributed by atoms with Crippen molar-refractivity contribution in [3.63, 3.8) is 0 Å². The number of aliphatic hydroxyl groups is 1. The molecule has 0 aliphatic carbocycles. The molecule has 0 aromatic carbocycles. The molecule has 0 spiro atoms. The van der Waals surface area contributed by atoms with Crippen LogP contribution in [0.25, 0.3) is 0 Å². The van der Waals surface area contributed by atoms with Crippen LogP contribution < -0.4 is 0 Å². The molecule has 1 unspecified atom stereocenters. The van der Waals surface area contributed by atoms with Gasteiger partial charge in [-0.2, -0.15) is 0 Å². The summed E-state index contributed by atoms with van der Waals surface area (Å²) in [5.74, 6) is -0.608. The van der Waals surface area contributed by atoms with E-state index in [1.165, 1.54) is 122 Å². The van der Waals surface area contributed by atoms with Gasteiger partial charge in [0.25, 0.3) is 0 Å². The van der Waals surface area contributed by atoms with Gasteiger partial charge in [-0.3, -0.25) is 9.59 Å². The highest BCUT2D eigenvalue weighted by Crippen LogP contribution is 2.16. The van der Waals surface area contributed by atoms with Crippen molar-refractivity contribution in [2.24, 2.45) is 0 Å². The summed E-state index contributed by atoms with van der Waals surface area (Å²) in [6.45, 7) is 3.91. The summed E-state index contributed by atoms with van der Waals surface area (Å²) in [5, 5.41) is 9.71. The van der Waals surface area contributed by atoms with Gasteiger partial charge in [-0.05, 0) is 141 Å². The van der Waals surface area contributed by atoms with Crippen molar-refractivity contribution in [1.29, 1.82) is 0 Å². The molecule has 5 heteroatoms. The Morgan fingerprint density at radius 2 is 0.455 bits per heavy atom. The van der Waals surface area contributed by atoms with Crippen molar-refractivity contribution in [2.45, 2.75) is 302 Å². The topological polar surface area (TPSA) is 72.8 Å². The van der Waals surface area contributed by atoms with Gasteiger partial charge in [-0.15, -0.1) is 0 Å². The number of carbonyl (C=O) groups excluding carboxylic acids is 2. The average Bonchev–Trinajstić information content (AvgIpc) is 3.56. The van der Waals surface area contributed by atoms with Crippen LogP contribution in [0.2, 0.25) is 0 Å². The van der Waals surface area contributed by atoms with E-state index in [1.807, 2.05) is 0 Å². The van der Waals surface area contributed by atoms with E-state index in [1.54, 1.807) is 0 Å². The van der Waals surface area contributed by atoms with Crippen LogP contribution in [0.5, 0.6) is 0 Å². The zero-order valence-corrected chi connectivity index (χ0v) is 56.7. The van der Waals surface area contributed by atoms with Crippen LogP contribution in [-0.2, 0) is 19.1 Å². The Balaban J connectivity index is 3.58. The smallest absolute Gasteiger partial charge is 0.306 e. The van der Waals surface area contributed by atoms with E-state index in [0.29, 0.717) is 12.8 Å². The Bertz CT molecular complexity index is 2000. The first-order chi connectivity index (χ1) is 43.6. The third-order valence-corrected chi connectivity index (χ3v) is 14.9. The van der Waals surface area contributed by atoms with Crippen LogP contribution >= 0.6 is 0 Å². The van der Waals surface area contributed by atoms with Crippen LogP contribution in [0.4, 0.5) is 0 Å². The number of hydrogen-bond donors (Lipinski definition) is 1. The van der Waals surface area contributed by atoms with Crippen LogP contribution in [-0.4, -0.2) is 36.4 Å². The number of hydrogen-bond acceptors (Lipinski definition) is 5. The summed E-state index contributed by atoms with van der Waals surface area (Å²) in [6.07, 6.45) is 120. The van der Waals surface area contributed by atoms with Crippen LogP contribution in [0, 0.1) is 0 Å². The van der Waals surface area contributed by atoms with Crippen molar-refractivity contribution in [2.75, 3.05) is 13.2 Å². The number of unbranched alkanes of at least 4 members (excludes halogenated alkanes) is 24. The molecule has 0 fully saturated rings. The quantitative estimate of drug-likeness (QED) is 0.0373. The monoisotopic (exact) mass is 1210 g/mol. The average molecular weight is 1210 g/mol. The first kappa shape index (κ1) is 82.7. The summed E-state index contributed by atoms with van der Waals surface area (Å²) in [5.41, 5.74) is 0. The zero-order valence-electron chi connectivity index (χ0n) is 56.7. The molecule has 0 aromatic rings. The Kier molecular flexibility index (Phi) is 71.4. The van der Waals surface area contributed by atoms with E-state index in [9.17, 15) is 14.7 Å². The molecule has 5 nitrogen and oxygen atoms in total. The van der Waals surface area contributed by atoms with Gasteiger partial charge in [-0.1, -0.05) is 337 Å². The van der Waals surface area contributed by atoms with Crippen molar-refractivity contribution in [3.05, 3.63) is 194 Å². The number of allylic oxidation sites excluding steroid dienone is 32. The van der Waals surface area contributed by atoms with Gasteiger partial charge in [-0.25, -0.2) is 0 Å². The van der Waals surface area contributed by atoms with Gasteiger partial charge in [0.2, 0.25) is 0 Å². The minimum Gasteiger partial charge on any atom is -0.462 e. The highest BCUT2D eigenvalue weighted by molar-refractivity contribution is 5.70. The SMILES string of the molecule is CC/C=C\C/C=C\C/C=C\C/C=C\C/C=C\C/C=C\C/C=C\C/C=C\C/C=C\C/C=C\C/C=C\CCCCCCCCCC(=O)OC(CO)COC(=O)CCCCCCCCCCCCCCCCCCC/C=C\C/C=C\C/C=C\C/C=C\C/C=C\CC. The molecule has 0 aromatic heterocycles. The van der Waals surface area contributed by atoms with Gasteiger partial charge in [0.05, 0.1) is 6.61 Å². The molecular weight excluding hydrogens is 1080 g/mol. The van der Waals surface area contributed by atoms with E-state index >= 15 is 0 Å². The lowest BCUT2D eigenvalue weighted by Crippen LogP contribution is -2.28. The summed E-state index contributed by atoms with van der Waals surface area (Å²) in [7, 11) is 0.